The summed E-state index contributed by atoms with van der Waals surface area (Å²) in [6.45, 7) is 7.56. The third-order valence-corrected chi connectivity index (χ3v) is 8.28. The van der Waals surface area contributed by atoms with Gasteiger partial charge in [0.1, 0.15) is 11.7 Å². The van der Waals surface area contributed by atoms with Crippen molar-refractivity contribution < 1.29 is 14.4 Å². The Kier molecular flexibility index (Phi) is 9.74. The summed E-state index contributed by atoms with van der Waals surface area (Å²) < 4.78 is 1.63. The summed E-state index contributed by atoms with van der Waals surface area (Å²) in [5.74, 6) is -0.620. The van der Waals surface area contributed by atoms with Crippen LogP contribution in [0.3, 0.4) is 0 Å². The van der Waals surface area contributed by atoms with Gasteiger partial charge in [0.15, 0.2) is 0 Å². The Bertz CT molecular complexity index is 1120. The van der Waals surface area contributed by atoms with Gasteiger partial charge in [-0.2, -0.15) is 5.10 Å². The van der Waals surface area contributed by atoms with Crippen molar-refractivity contribution in [2.24, 2.45) is 11.7 Å². The van der Waals surface area contributed by atoms with E-state index in [1.54, 1.807) is 16.9 Å². The van der Waals surface area contributed by atoms with Gasteiger partial charge in [-0.25, -0.2) is 0 Å². The smallest absolute Gasteiger partial charge is 0.270 e. The molecule has 0 bridgehead atoms. The molecule has 1 saturated heterocycles. The maximum absolute atomic E-state index is 13.5. The number of nitrogens with zero attached hydrogens (tertiary/aromatic N) is 4. The van der Waals surface area contributed by atoms with Gasteiger partial charge in [0.2, 0.25) is 11.8 Å². The third kappa shape index (κ3) is 7.05. The van der Waals surface area contributed by atoms with Crippen molar-refractivity contribution in [1.82, 2.24) is 24.9 Å². The zero-order chi connectivity index (χ0) is 27.9. The number of carbonyl (C=O) groups is 3. The lowest BCUT2D eigenvalue weighted by atomic mass is 9.83. The van der Waals surface area contributed by atoms with Crippen LogP contribution >= 0.6 is 0 Å². The maximum atomic E-state index is 13.5. The van der Waals surface area contributed by atoms with E-state index in [9.17, 15) is 14.4 Å². The fourth-order valence-electron chi connectivity index (χ4n) is 5.61. The largest absolute Gasteiger partial charge is 0.339 e. The molecule has 1 aromatic carbocycles. The number of carbonyl (C=O) groups excluding carboxylic acids is 3. The average molecular weight is 538 g/mol. The Morgan fingerprint density at radius 1 is 1.03 bits per heavy atom. The summed E-state index contributed by atoms with van der Waals surface area (Å²) in [5, 5.41) is 10.2. The van der Waals surface area contributed by atoms with Crippen molar-refractivity contribution in [3.63, 3.8) is 0 Å². The van der Waals surface area contributed by atoms with E-state index < -0.39 is 12.1 Å². The SMILES string of the molecule is CCn1nccc1C(=O)N[C@H](C(=O)Nc1ccc([C@H](C)[C@@H](N)C(=O)N2CCN(C)CC2)cc1)C1CCCCC1. The monoisotopic (exact) mass is 537 g/mol. The highest BCUT2D eigenvalue weighted by molar-refractivity contribution is 6.00. The molecule has 1 aliphatic heterocycles. The van der Waals surface area contributed by atoms with Crippen molar-refractivity contribution in [3.8, 4) is 0 Å². The van der Waals surface area contributed by atoms with E-state index in [1.807, 2.05) is 43.0 Å². The van der Waals surface area contributed by atoms with Gasteiger partial charge in [0.25, 0.3) is 5.91 Å². The molecular formula is C29H43N7O3. The van der Waals surface area contributed by atoms with E-state index in [-0.39, 0.29) is 29.6 Å². The zero-order valence-corrected chi connectivity index (χ0v) is 23.4. The number of nitrogens with two attached hydrogens (primary N) is 1. The minimum absolute atomic E-state index is 0.0246. The minimum atomic E-state index is -0.633. The number of aromatic nitrogens is 2. The molecule has 1 aliphatic carbocycles. The zero-order valence-electron chi connectivity index (χ0n) is 23.4. The highest BCUT2D eigenvalue weighted by Gasteiger charge is 2.32. The number of nitrogens with one attached hydrogen (secondary N) is 2. The molecule has 0 radical (unpaired) electrons. The van der Waals surface area contributed by atoms with Crippen LogP contribution in [0.5, 0.6) is 0 Å². The molecule has 10 nitrogen and oxygen atoms in total. The van der Waals surface area contributed by atoms with E-state index in [4.69, 9.17) is 5.73 Å². The Labute approximate surface area is 231 Å². The molecule has 10 heteroatoms. The molecule has 212 valence electrons. The van der Waals surface area contributed by atoms with Gasteiger partial charge in [-0.15, -0.1) is 0 Å². The highest BCUT2D eigenvalue weighted by atomic mass is 16.2. The number of benzene rings is 1. The van der Waals surface area contributed by atoms with Gasteiger partial charge in [0.05, 0.1) is 6.04 Å². The third-order valence-electron chi connectivity index (χ3n) is 8.28. The standard InChI is InChI=1S/C29H43N7O3/c1-4-36-24(14-15-31-36)27(37)33-26(22-8-6-5-7-9-22)28(38)32-23-12-10-21(11-13-23)20(2)25(30)29(39)35-18-16-34(3)17-19-35/h10-15,20,22,25-26H,4-9,16-19,30H2,1-3H3,(H,32,38)(H,33,37)/t20-,25+,26-/m0/s1. The molecule has 3 amide bonds. The van der Waals surface area contributed by atoms with Crippen LogP contribution in [0.15, 0.2) is 36.5 Å². The molecule has 2 fully saturated rings. The predicted molar refractivity (Wildman–Crippen MR) is 151 cm³/mol. The number of piperazine rings is 1. The van der Waals surface area contributed by atoms with Crippen molar-refractivity contribution in [3.05, 3.63) is 47.8 Å². The van der Waals surface area contributed by atoms with Gasteiger partial charge < -0.3 is 26.2 Å². The van der Waals surface area contributed by atoms with Crippen molar-refractivity contribution >= 4 is 23.4 Å². The Balaban J connectivity index is 1.40. The summed E-state index contributed by atoms with van der Waals surface area (Å²) in [6, 6.07) is 7.90. The maximum Gasteiger partial charge on any atom is 0.270 e. The Morgan fingerprint density at radius 2 is 1.69 bits per heavy atom. The first-order chi connectivity index (χ1) is 18.8. The molecule has 3 atom stereocenters. The molecule has 4 rings (SSSR count). The van der Waals surface area contributed by atoms with Gasteiger partial charge in [-0.1, -0.05) is 38.3 Å². The van der Waals surface area contributed by atoms with E-state index in [1.165, 1.54) is 0 Å². The number of rotatable bonds is 9. The fraction of sp³-hybridized carbons (Fsp3) is 0.586. The minimum Gasteiger partial charge on any atom is -0.339 e. The second-order valence-corrected chi connectivity index (χ2v) is 10.9. The van der Waals surface area contributed by atoms with Gasteiger partial charge in [-0.3, -0.25) is 19.1 Å². The quantitative estimate of drug-likeness (QED) is 0.451. The number of amides is 3. The van der Waals surface area contributed by atoms with Crippen molar-refractivity contribution in [2.75, 3.05) is 38.5 Å². The highest BCUT2D eigenvalue weighted by Crippen LogP contribution is 2.28. The van der Waals surface area contributed by atoms with Crippen LogP contribution in [0.1, 0.15) is 67.9 Å². The van der Waals surface area contributed by atoms with E-state index >= 15 is 0 Å². The van der Waals surface area contributed by atoms with Gasteiger partial charge >= 0.3 is 0 Å². The number of hydrogen-bond acceptors (Lipinski definition) is 6. The number of hydrogen-bond donors (Lipinski definition) is 3. The summed E-state index contributed by atoms with van der Waals surface area (Å²) in [4.78, 5) is 43.5. The molecule has 1 aromatic heterocycles. The summed E-state index contributed by atoms with van der Waals surface area (Å²) in [5.41, 5.74) is 8.42. The lowest BCUT2D eigenvalue weighted by Gasteiger charge is -2.35. The number of anilines is 1. The molecule has 1 saturated carbocycles. The lowest BCUT2D eigenvalue weighted by molar-refractivity contribution is -0.134. The lowest BCUT2D eigenvalue weighted by Crippen LogP contribution is -2.53. The van der Waals surface area contributed by atoms with Gasteiger partial charge in [0, 0.05) is 50.5 Å². The molecule has 2 heterocycles. The predicted octanol–water partition coefficient (Wildman–Crippen LogP) is 2.43. The summed E-state index contributed by atoms with van der Waals surface area (Å²) >= 11 is 0. The first kappa shape index (κ1) is 28.8. The number of likely N-dealkylation sites (N-methyl/N-ethyl adjacent to an activating group) is 1. The first-order valence-electron chi connectivity index (χ1n) is 14.2. The van der Waals surface area contributed by atoms with Crippen molar-refractivity contribution in [1.29, 1.82) is 0 Å². The molecule has 39 heavy (non-hydrogen) atoms. The second kappa shape index (κ2) is 13.2. The van der Waals surface area contributed by atoms with E-state index in [0.29, 0.717) is 31.0 Å². The van der Waals surface area contributed by atoms with Crippen LogP contribution < -0.4 is 16.4 Å². The average Bonchev–Trinajstić information content (AvgIpc) is 3.45. The summed E-state index contributed by atoms with van der Waals surface area (Å²) in [7, 11) is 2.05. The second-order valence-electron chi connectivity index (χ2n) is 10.9. The van der Waals surface area contributed by atoms with Crippen LogP contribution in [-0.2, 0) is 16.1 Å². The molecule has 2 aromatic rings. The first-order valence-corrected chi connectivity index (χ1v) is 14.2. The Hall–Kier alpha value is -3.24. The molecule has 0 spiro atoms. The van der Waals surface area contributed by atoms with Crippen LogP contribution in [0, 0.1) is 5.92 Å². The van der Waals surface area contributed by atoms with Crippen molar-refractivity contribution in [2.45, 2.75) is 70.5 Å². The fourth-order valence-corrected chi connectivity index (χ4v) is 5.61. The van der Waals surface area contributed by atoms with E-state index in [2.05, 4.69) is 27.7 Å². The molecule has 0 unspecified atom stereocenters. The van der Waals surface area contributed by atoms with Gasteiger partial charge in [-0.05, 0) is 56.5 Å². The Morgan fingerprint density at radius 3 is 2.33 bits per heavy atom. The molecule has 4 N–H and O–H groups in total. The normalized spacial score (nSPS) is 19.2. The molecular weight excluding hydrogens is 494 g/mol. The topological polar surface area (TPSA) is 126 Å². The summed E-state index contributed by atoms with van der Waals surface area (Å²) in [6.07, 6.45) is 6.66. The van der Waals surface area contributed by atoms with Crippen LogP contribution in [-0.4, -0.2) is 82.6 Å². The molecule has 2 aliphatic rings. The van der Waals surface area contributed by atoms with Crippen LogP contribution in [0.2, 0.25) is 0 Å². The van der Waals surface area contributed by atoms with Crippen LogP contribution in [0.25, 0.3) is 0 Å². The van der Waals surface area contributed by atoms with E-state index in [0.717, 1.165) is 50.8 Å². The number of aryl methyl sites for hydroxylation is 1. The van der Waals surface area contributed by atoms with Crippen LogP contribution in [0.4, 0.5) is 5.69 Å².